The van der Waals surface area contributed by atoms with E-state index in [0.717, 1.165) is 22.4 Å². The number of nitrogens with zero attached hydrogens (tertiary/aromatic N) is 4. The van der Waals surface area contributed by atoms with Crippen LogP contribution in [-0.4, -0.2) is 19.9 Å². The second kappa shape index (κ2) is 6.47. The van der Waals surface area contributed by atoms with Gasteiger partial charge in [-0.1, -0.05) is 25.7 Å². The number of nitrogen functional groups attached to an aromatic ring is 1. The van der Waals surface area contributed by atoms with Crippen LogP contribution >= 0.6 is 11.3 Å². The minimum atomic E-state index is 0.339. The van der Waals surface area contributed by atoms with Crippen molar-refractivity contribution in [2.45, 2.75) is 57.8 Å². The minimum absolute atomic E-state index is 0.339. The summed E-state index contributed by atoms with van der Waals surface area (Å²) in [5.74, 6) is 2.40. The number of nitrogens with two attached hydrogens (primary N) is 1. The van der Waals surface area contributed by atoms with Gasteiger partial charge in [-0.05, 0) is 19.8 Å². The van der Waals surface area contributed by atoms with Crippen LogP contribution in [0, 0.1) is 6.92 Å². The van der Waals surface area contributed by atoms with Crippen LogP contribution in [0.5, 0.6) is 0 Å². The Morgan fingerprint density at radius 1 is 1.10 bits per heavy atom. The second-order valence-electron chi connectivity index (χ2n) is 5.69. The molecule has 2 aromatic heterocycles. The number of rotatable bonds is 3. The van der Waals surface area contributed by atoms with Crippen LogP contribution in [-0.2, 0) is 6.42 Å². The van der Waals surface area contributed by atoms with E-state index in [4.69, 9.17) is 5.73 Å². The molecule has 1 fully saturated rings. The molecular weight excluding hydrogens is 282 g/mol. The predicted molar refractivity (Wildman–Crippen MR) is 84.3 cm³/mol. The van der Waals surface area contributed by atoms with E-state index in [1.165, 1.54) is 38.5 Å². The molecule has 0 unspecified atom stereocenters. The lowest BCUT2D eigenvalue weighted by atomic mass is 9.99. The molecule has 0 saturated heterocycles. The highest BCUT2D eigenvalue weighted by Crippen LogP contribution is 2.29. The summed E-state index contributed by atoms with van der Waals surface area (Å²) in [4.78, 5) is 17.8. The molecule has 2 aromatic rings. The molecule has 2 heterocycles. The average Bonchev–Trinajstić information content (AvgIpc) is 2.71. The van der Waals surface area contributed by atoms with Gasteiger partial charge in [0.15, 0.2) is 0 Å². The Kier molecular flexibility index (Phi) is 4.43. The Morgan fingerprint density at radius 3 is 2.52 bits per heavy atom. The SMILES string of the molecule is Cc1nc(Cc2nc(N)nc(C3CCCCCC3)n2)cs1. The molecule has 0 bridgehead atoms. The van der Waals surface area contributed by atoms with Gasteiger partial charge in [-0.2, -0.15) is 9.97 Å². The quantitative estimate of drug-likeness (QED) is 0.881. The third kappa shape index (κ3) is 3.75. The van der Waals surface area contributed by atoms with Crippen LogP contribution in [0.2, 0.25) is 0 Å². The lowest BCUT2D eigenvalue weighted by Gasteiger charge is -2.13. The van der Waals surface area contributed by atoms with E-state index in [1.54, 1.807) is 11.3 Å². The molecule has 2 N–H and O–H groups in total. The van der Waals surface area contributed by atoms with Gasteiger partial charge >= 0.3 is 0 Å². The van der Waals surface area contributed by atoms with Gasteiger partial charge in [-0.15, -0.1) is 11.3 Å². The summed E-state index contributed by atoms with van der Waals surface area (Å²) in [6.07, 6.45) is 8.13. The average molecular weight is 303 g/mol. The van der Waals surface area contributed by atoms with Crippen LogP contribution in [0.25, 0.3) is 0 Å². The van der Waals surface area contributed by atoms with Crippen molar-refractivity contribution in [1.82, 2.24) is 19.9 Å². The first-order valence-corrected chi connectivity index (χ1v) is 8.50. The Labute approximate surface area is 129 Å². The first-order chi connectivity index (χ1) is 10.2. The smallest absolute Gasteiger partial charge is 0.223 e. The highest BCUT2D eigenvalue weighted by molar-refractivity contribution is 7.09. The fraction of sp³-hybridized carbons (Fsp3) is 0.600. The van der Waals surface area contributed by atoms with Gasteiger partial charge in [0, 0.05) is 11.3 Å². The van der Waals surface area contributed by atoms with Crippen molar-refractivity contribution in [2.24, 2.45) is 0 Å². The summed E-state index contributed by atoms with van der Waals surface area (Å²) in [5.41, 5.74) is 6.89. The minimum Gasteiger partial charge on any atom is -0.368 e. The van der Waals surface area contributed by atoms with Crippen LogP contribution in [0.4, 0.5) is 5.95 Å². The van der Waals surface area contributed by atoms with Gasteiger partial charge in [-0.25, -0.2) is 9.97 Å². The molecule has 21 heavy (non-hydrogen) atoms. The van der Waals surface area contributed by atoms with Gasteiger partial charge in [0.2, 0.25) is 5.95 Å². The van der Waals surface area contributed by atoms with Gasteiger partial charge in [0.05, 0.1) is 17.1 Å². The molecule has 0 spiro atoms. The Hall–Kier alpha value is -1.56. The van der Waals surface area contributed by atoms with Gasteiger partial charge in [0.25, 0.3) is 0 Å². The summed E-state index contributed by atoms with van der Waals surface area (Å²) in [5, 5.41) is 3.12. The van der Waals surface area contributed by atoms with Gasteiger partial charge < -0.3 is 5.73 Å². The van der Waals surface area contributed by atoms with Gasteiger partial charge in [0.1, 0.15) is 11.6 Å². The number of aryl methyl sites for hydroxylation is 1. The maximum atomic E-state index is 5.88. The van der Waals surface area contributed by atoms with E-state index >= 15 is 0 Å². The molecular formula is C15H21N5S. The molecule has 0 aliphatic heterocycles. The maximum absolute atomic E-state index is 5.88. The first-order valence-electron chi connectivity index (χ1n) is 7.62. The Morgan fingerprint density at radius 2 is 1.86 bits per heavy atom. The van der Waals surface area contributed by atoms with Crippen molar-refractivity contribution in [3.63, 3.8) is 0 Å². The molecule has 3 rings (SSSR count). The third-order valence-corrected chi connectivity index (χ3v) is 4.76. The topological polar surface area (TPSA) is 77.6 Å². The van der Waals surface area contributed by atoms with Crippen molar-refractivity contribution >= 4 is 17.3 Å². The third-order valence-electron chi connectivity index (χ3n) is 3.94. The second-order valence-corrected chi connectivity index (χ2v) is 6.75. The molecule has 5 nitrogen and oxygen atoms in total. The van der Waals surface area contributed by atoms with Gasteiger partial charge in [-0.3, -0.25) is 0 Å². The van der Waals surface area contributed by atoms with Crippen LogP contribution < -0.4 is 5.73 Å². The zero-order valence-electron chi connectivity index (χ0n) is 12.4. The monoisotopic (exact) mass is 303 g/mol. The van der Waals surface area contributed by atoms with Crippen molar-refractivity contribution in [1.29, 1.82) is 0 Å². The van der Waals surface area contributed by atoms with Crippen LogP contribution in [0.3, 0.4) is 0 Å². The molecule has 0 atom stereocenters. The van der Waals surface area contributed by atoms with Crippen molar-refractivity contribution < 1.29 is 0 Å². The summed E-state index contributed by atoms with van der Waals surface area (Å²) >= 11 is 1.65. The fourth-order valence-electron chi connectivity index (χ4n) is 2.91. The standard InChI is InChI=1S/C15H21N5S/c1-10-17-12(9-21-10)8-13-18-14(20-15(16)19-13)11-6-4-2-3-5-7-11/h9,11H,2-8H2,1H3,(H2,16,18,19,20). The highest BCUT2D eigenvalue weighted by atomic mass is 32.1. The molecule has 1 aliphatic rings. The van der Waals surface area contributed by atoms with Crippen molar-refractivity contribution in [3.8, 4) is 0 Å². The first kappa shape index (κ1) is 14.4. The highest BCUT2D eigenvalue weighted by Gasteiger charge is 2.19. The summed E-state index contributed by atoms with van der Waals surface area (Å²) < 4.78 is 0. The largest absolute Gasteiger partial charge is 0.368 e. The number of anilines is 1. The molecule has 6 heteroatoms. The van der Waals surface area contributed by atoms with Crippen LogP contribution in [0.1, 0.15) is 66.8 Å². The zero-order chi connectivity index (χ0) is 14.7. The Balaban J connectivity index is 1.81. The summed E-state index contributed by atoms with van der Waals surface area (Å²) in [6, 6.07) is 0. The Bertz CT molecular complexity index is 602. The summed E-state index contributed by atoms with van der Waals surface area (Å²) in [7, 11) is 0. The van der Waals surface area contributed by atoms with E-state index in [0.29, 0.717) is 18.3 Å². The predicted octanol–water partition coefficient (Wildman–Crippen LogP) is 3.25. The summed E-state index contributed by atoms with van der Waals surface area (Å²) in [6.45, 7) is 2.01. The lowest BCUT2D eigenvalue weighted by Crippen LogP contribution is -2.11. The maximum Gasteiger partial charge on any atom is 0.223 e. The molecule has 0 radical (unpaired) electrons. The van der Waals surface area contributed by atoms with E-state index < -0.39 is 0 Å². The molecule has 112 valence electrons. The lowest BCUT2D eigenvalue weighted by molar-refractivity contribution is 0.555. The van der Waals surface area contributed by atoms with E-state index in [2.05, 4.69) is 25.3 Å². The van der Waals surface area contributed by atoms with Crippen molar-refractivity contribution in [2.75, 3.05) is 5.73 Å². The van der Waals surface area contributed by atoms with Crippen molar-refractivity contribution in [3.05, 3.63) is 27.7 Å². The van der Waals surface area contributed by atoms with E-state index in [1.807, 2.05) is 6.92 Å². The molecule has 1 saturated carbocycles. The van der Waals surface area contributed by atoms with E-state index in [-0.39, 0.29) is 0 Å². The molecule has 0 amide bonds. The number of hydrogen-bond acceptors (Lipinski definition) is 6. The van der Waals surface area contributed by atoms with Crippen LogP contribution in [0.15, 0.2) is 5.38 Å². The number of hydrogen-bond donors (Lipinski definition) is 1. The molecule has 0 aromatic carbocycles. The number of aromatic nitrogens is 4. The number of thiazole rings is 1. The van der Waals surface area contributed by atoms with E-state index in [9.17, 15) is 0 Å². The fourth-order valence-corrected chi connectivity index (χ4v) is 3.52. The molecule has 1 aliphatic carbocycles. The normalized spacial score (nSPS) is 16.8. The zero-order valence-corrected chi connectivity index (χ0v) is 13.2.